The Morgan fingerprint density at radius 1 is 1.16 bits per heavy atom. The predicted octanol–water partition coefficient (Wildman–Crippen LogP) is 3.93. The van der Waals surface area contributed by atoms with Gasteiger partial charge in [0.25, 0.3) is 0 Å². The van der Waals surface area contributed by atoms with E-state index in [9.17, 15) is 5.11 Å². The molecule has 2 aromatic rings. The van der Waals surface area contributed by atoms with Gasteiger partial charge in [-0.1, -0.05) is 35.9 Å². The summed E-state index contributed by atoms with van der Waals surface area (Å²) in [6, 6.07) is 13.4. The molecule has 0 aromatic heterocycles. The van der Waals surface area contributed by atoms with E-state index < -0.39 is 6.10 Å². The van der Waals surface area contributed by atoms with Crippen LogP contribution in [-0.4, -0.2) is 12.2 Å². The number of aliphatic hydroxyl groups is 1. The topological polar surface area (TPSA) is 29.5 Å². The molecule has 0 amide bonds. The van der Waals surface area contributed by atoms with Crippen LogP contribution in [0.25, 0.3) is 0 Å². The number of methoxy groups -OCH3 is 1. The zero-order valence-electron chi connectivity index (χ0n) is 11.1. The van der Waals surface area contributed by atoms with Crippen molar-refractivity contribution in [2.45, 2.75) is 19.4 Å². The van der Waals surface area contributed by atoms with Crippen molar-refractivity contribution in [3.05, 3.63) is 64.2 Å². The van der Waals surface area contributed by atoms with Crippen LogP contribution in [0.1, 0.15) is 22.8 Å². The van der Waals surface area contributed by atoms with E-state index in [0.717, 1.165) is 22.4 Å². The van der Waals surface area contributed by atoms with Crippen molar-refractivity contribution in [1.29, 1.82) is 0 Å². The number of rotatable bonds is 4. The third-order valence-electron chi connectivity index (χ3n) is 3.10. The van der Waals surface area contributed by atoms with Gasteiger partial charge >= 0.3 is 0 Å². The summed E-state index contributed by atoms with van der Waals surface area (Å²) in [5, 5.41) is 10.9. The molecule has 0 saturated carbocycles. The zero-order chi connectivity index (χ0) is 13.8. The Bertz CT molecular complexity index is 549. The molecule has 1 atom stereocenters. The van der Waals surface area contributed by atoms with Crippen LogP contribution in [0.5, 0.6) is 5.75 Å². The summed E-state index contributed by atoms with van der Waals surface area (Å²) in [6.45, 7) is 1.98. The largest absolute Gasteiger partial charge is 0.497 e. The van der Waals surface area contributed by atoms with Gasteiger partial charge in [-0.05, 0) is 41.8 Å². The molecule has 100 valence electrons. The van der Waals surface area contributed by atoms with Crippen LogP contribution in [-0.2, 0) is 6.42 Å². The second kappa shape index (κ2) is 6.09. The van der Waals surface area contributed by atoms with E-state index in [1.54, 1.807) is 7.11 Å². The van der Waals surface area contributed by atoms with Crippen molar-refractivity contribution in [3.8, 4) is 5.75 Å². The molecule has 0 spiro atoms. The van der Waals surface area contributed by atoms with Crippen LogP contribution in [0, 0.1) is 6.92 Å². The Kier molecular flexibility index (Phi) is 4.46. The number of hydrogen-bond donors (Lipinski definition) is 1. The summed E-state index contributed by atoms with van der Waals surface area (Å²) >= 11 is 6.16. The smallest absolute Gasteiger partial charge is 0.118 e. The molecule has 0 aliphatic heterocycles. The average molecular weight is 277 g/mol. The fourth-order valence-corrected chi connectivity index (χ4v) is 2.36. The number of ether oxygens (including phenoxy) is 1. The third-order valence-corrected chi connectivity index (χ3v) is 3.43. The van der Waals surface area contributed by atoms with Gasteiger partial charge in [0, 0.05) is 11.4 Å². The van der Waals surface area contributed by atoms with Gasteiger partial charge in [-0.25, -0.2) is 0 Å². The fraction of sp³-hybridized carbons (Fsp3) is 0.250. The van der Waals surface area contributed by atoms with Crippen molar-refractivity contribution in [1.82, 2.24) is 0 Å². The van der Waals surface area contributed by atoms with Gasteiger partial charge in [0.1, 0.15) is 5.75 Å². The summed E-state index contributed by atoms with van der Waals surface area (Å²) in [4.78, 5) is 0. The van der Waals surface area contributed by atoms with Gasteiger partial charge in [0.2, 0.25) is 0 Å². The molecule has 1 N–H and O–H groups in total. The van der Waals surface area contributed by atoms with E-state index in [-0.39, 0.29) is 0 Å². The number of halogens is 1. The van der Waals surface area contributed by atoms with E-state index in [2.05, 4.69) is 0 Å². The van der Waals surface area contributed by atoms with Gasteiger partial charge < -0.3 is 9.84 Å². The molecule has 19 heavy (non-hydrogen) atoms. The molecular formula is C16H17ClO2. The number of hydrogen-bond acceptors (Lipinski definition) is 2. The summed E-state index contributed by atoms with van der Waals surface area (Å²) in [5.41, 5.74) is 2.90. The molecule has 0 radical (unpaired) electrons. The molecule has 0 bridgehead atoms. The van der Waals surface area contributed by atoms with Gasteiger partial charge in [0.15, 0.2) is 0 Å². The molecule has 2 aromatic carbocycles. The Labute approximate surface area is 118 Å². The van der Waals surface area contributed by atoms with Crippen molar-refractivity contribution in [2.24, 2.45) is 0 Å². The lowest BCUT2D eigenvalue weighted by Crippen LogP contribution is -2.02. The monoisotopic (exact) mass is 276 g/mol. The van der Waals surface area contributed by atoms with E-state index in [1.807, 2.05) is 49.4 Å². The first-order chi connectivity index (χ1) is 9.10. The normalized spacial score (nSPS) is 12.2. The van der Waals surface area contributed by atoms with Crippen molar-refractivity contribution >= 4 is 11.6 Å². The van der Waals surface area contributed by atoms with Gasteiger partial charge in [-0.2, -0.15) is 0 Å². The van der Waals surface area contributed by atoms with E-state index >= 15 is 0 Å². The molecule has 0 saturated heterocycles. The maximum absolute atomic E-state index is 10.3. The van der Waals surface area contributed by atoms with E-state index in [1.165, 1.54) is 0 Å². The van der Waals surface area contributed by atoms with Crippen molar-refractivity contribution in [3.63, 3.8) is 0 Å². The zero-order valence-corrected chi connectivity index (χ0v) is 11.8. The van der Waals surface area contributed by atoms with E-state index in [4.69, 9.17) is 16.3 Å². The SMILES string of the molecule is COc1ccc(CC(O)c2ccc(C)cc2Cl)cc1. The predicted molar refractivity (Wildman–Crippen MR) is 77.8 cm³/mol. The molecule has 2 nitrogen and oxygen atoms in total. The van der Waals surface area contributed by atoms with Crippen molar-refractivity contribution < 1.29 is 9.84 Å². The third kappa shape index (κ3) is 3.49. The lowest BCUT2D eigenvalue weighted by molar-refractivity contribution is 0.178. The summed E-state index contributed by atoms with van der Waals surface area (Å²) < 4.78 is 5.11. The first-order valence-electron chi connectivity index (χ1n) is 6.17. The highest BCUT2D eigenvalue weighted by atomic mass is 35.5. The molecule has 1 unspecified atom stereocenters. The highest BCUT2D eigenvalue weighted by Crippen LogP contribution is 2.27. The molecule has 0 aliphatic rings. The van der Waals surface area contributed by atoms with Crippen LogP contribution in [0.4, 0.5) is 0 Å². The quantitative estimate of drug-likeness (QED) is 0.917. The molecule has 3 heteroatoms. The van der Waals surface area contributed by atoms with Crippen LogP contribution >= 0.6 is 11.6 Å². The standard InChI is InChI=1S/C16H17ClO2/c1-11-3-8-14(15(17)9-11)16(18)10-12-4-6-13(19-2)7-5-12/h3-9,16,18H,10H2,1-2H3. The molecule has 2 rings (SSSR count). The highest BCUT2D eigenvalue weighted by molar-refractivity contribution is 6.31. The second-order valence-electron chi connectivity index (χ2n) is 4.59. The molecule has 0 aliphatic carbocycles. The van der Waals surface area contributed by atoms with Crippen LogP contribution in [0.3, 0.4) is 0 Å². The van der Waals surface area contributed by atoms with Crippen LogP contribution < -0.4 is 4.74 Å². The Morgan fingerprint density at radius 3 is 2.42 bits per heavy atom. The minimum absolute atomic E-state index is 0.534. The van der Waals surface area contributed by atoms with Crippen LogP contribution in [0.2, 0.25) is 5.02 Å². The number of benzene rings is 2. The van der Waals surface area contributed by atoms with Crippen molar-refractivity contribution in [2.75, 3.05) is 7.11 Å². The average Bonchev–Trinajstić information content (AvgIpc) is 2.39. The molecule has 0 heterocycles. The maximum atomic E-state index is 10.3. The Morgan fingerprint density at radius 2 is 1.84 bits per heavy atom. The first-order valence-corrected chi connectivity index (χ1v) is 6.55. The lowest BCUT2D eigenvalue weighted by atomic mass is 10.0. The summed E-state index contributed by atoms with van der Waals surface area (Å²) in [7, 11) is 1.63. The van der Waals surface area contributed by atoms with Gasteiger partial charge in [0.05, 0.1) is 13.2 Å². The maximum Gasteiger partial charge on any atom is 0.118 e. The number of aliphatic hydroxyl groups excluding tert-OH is 1. The highest BCUT2D eigenvalue weighted by Gasteiger charge is 2.12. The lowest BCUT2D eigenvalue weighted by Gasteiger charge is -2.13. The summed E-state index contributed by atoms with van der Waals surface area (Å²) in [6.07, 6.45) is -0.0613. The second-order valence-corrected chi connectivity index (χ2v) is 5.00. The molecular weight excluding hydrogens is 260 g/mol. The minimum atomic E-state index is -0.596. The minimum Gasteiger partial charge on any atom is -0.497 e. The Balaban J connectivity index is 2.13. The molecule has 0 fully saturated rings. The number of aryl methyl sites for hydroxylation is 1. The van der Waals surface area contributed by atoms with E-state index in [0.29, 0.717) is 11.4 Å². The van der Waals surface area contributed by atoms with Crippen LogP contribution in [0.15, 0.2) is 42.5 Å². The van der Waals surface area contributed by atoms with Gasteiger partial charge in [-0.15, -0.1) is 0 Å². The summed E-state index contributed by atoms with van der Waals surface area (Å²) in [5.74, 6) is 0.812. The fourth-order valence-electron chi connectivity index (χ4n) is 2.00. The Hall–Kier alpha value is -1.51. The van der Waals surface area contributed by atoms with Gasteiger partial charge in [-0.3, -0.25) is 0 Å². The first kappa shape index (κ1) is 13.9.